The summed E-state index contributed by atoms with van der Waals surface area (Å²) in [6.45, 7) is 0.356. The van der Waals surface area contributed by atoms with Crippen LogP contribution in [-0.2, 0) is 16.6 Å². The molecule has 0 amide bonds. The first-order valence-corrected chi connectivity index (χ1v) is 8.66. The lowest BCUT2D eigenvalue weighted by molar-refractivity contribution is 0.455. The van der Waals surface area contributed by atoms with Crippen LogP contribution in [0.5, 0.6) is 0 Å². The van der Waals surface area contributed by atoms with Crippen LogP contribution in [0.4, 0.5) is 0 Å². The molecular formula is C14H20N2O2S2. The van der Waals surface area contributed by atoms with Crippen LogP contribution in [0.2, 0.25) is 0 Å². The van der Waals surface area contributed by atoms with Gasteiger partial charge in [0.1, 0.15) is 4.99 Å². The molecule has 1 aliphatic carbocycles. The quantitative estimate of drug-likeness (QED) is 0.845. The lowest BCUT2D eigenvalue weighted by atomic mass is 10.1. The van der Waals surface area contributed by atoms with Gasteiger partial charge >= 0.3 is 0 Å². The predicted molar refractivity (Wildman–Crippen MR) is 85.0 cm³/mol. The van der Waals surface area contributed by atoms with Gasteiger partial charge in [-0.2, -0.15) is 0 Å². The van der Waals surface area contributed by atoms with Crippen LogP contribution in [0.1, 0.15) is 36.8 Å². The Balaban J connectivity index is 2.13. The Morgan fingerprint density at radius 2 is 2.05 bits per heavy atom. The molecule has 0 aromatic heterocycles. The minimum absolute atomic E-state index is 0.216. The zero-order valence-corrected chi connectivity index (χ0v) is 13.2. The summed E-state index contributed by atoms with van der Waals surface area (Å²) in [5.74, 6) is 0. The first-order valence-electron chi connectivity index (χ1n) is 6.75. The van der Waals surface area contributed by atoms with Crippen molar-refractivity contribution in [1.82, 2.24) is 4.31 Å². The van der Waals surface area contributed by atoms with Gasteiger partial charge in [-0.25, -0.2) is 12.7 Å². The first-order chi connectivity index (χ1) is 9.41. The Hall–Kier alpha value is -0.980. The highest BCUT2D eigenvalue weighted by Gasteiger charge is 2.32. The molecule has 0 radical (unpaired) electrons. The van der Waals surface area contributed by atoms with Crippen LogP contribution in [0.15, 0.2) is 24.3 Å². The van der Waals surface area contributed by atoms with E-state index >= 15 is 0 Å². The number of benzene rings is 1. The zero-order chi connectivity index (χ0) is 14.8. The van der Waals surface area contributed by atoms with Gasteiger partial charge in [0, 0.05) is 19.2 Å². The summed E-state index contributed by atoms with van der Waals surface area (Å²) < 4.78 is 26.3. The number of rotatable bonds is 5. The molecule has 2 N–H and O–H groups in total. The molecule has 1 saturated carbocycles. The normalized spacial score (nSPS) is 16.7. The van der Waals surface area contributed by atoms with Crippen molar-refractivity contribution in [3.8, 4) is 0 Å². The van der Waals surface area contributed by atoms with E-state index < -0.39 is 10.0 Å². The third kappa shape index (κ3) is 3.37. The Morgan fingerprint density at radius 3 is 2.65 bits per heavy atom. The molecule has 6 heteroatoms. The monoisotopic (exact) mass is 312 g/mol. The summed E-state index contributed by atoms with van der Waals surface area (Å²) >= 11 is 4.94. The average molecular weight is 312 g/mol. The molecule has 1 aromatic carbocycles. The van der Waals surface area contributed by atoms with E-state index in [1.165, 1.54) is 4.31 Å². The zero-order valence-electron chi connectivity index (χ0n) is 11.6. The van der Waals surface area contributed by atoms with Crippen LogP contribution >= 0.6 is 12.2 Å². The third-order valence-corrected chi connectivity index (χ3v) is 6.32. The van der Waals surface area contributed by atoms with Gasteiger partial charge in [-0.3, -0.25) is 0 Å². The molecule has 0 bridgehead atoms. The van der Waals surface area contributed by atoms with Crippen LogP contribution in [-0.4, -0.2) is 30.0 Å². The number of hydrogen-bond donors (Lipinski definition) is 1. The fourth-order valence-electron chi connectivity index (χ4n) is 2.61. The van der Waals surface area contributed by atoms with Gasteiger partial charge in [0.05, 0.1) is 5.25 Å². The largest absolute Gasteiger partial charge is 0.389 e. The Labute approximate surface area is 126 Å². The van der Waals surface area contributed by atoms with Crippen molar-refractivity contribution in [2.75, 3.05) is 7.05 Å². The summed E-state index contributed by atoms with van der Waals surface area (Å²) in [4.78, 5) is 0.327. The smallest absolute Gasteiger partial charge is 0.217 e. The molecular weight excluding hydrogens is 292 g/mol. The number of nitrogens with zero attached hydrogens (tertiary/aromatic N) is 1. The lowest BCUT2D eigenvalue weighted by Crippen LogP contribution is -2.34. The minimum atomic E-state index is -3.20. The molecule has 0 saturated heterocycles. The van der Waals surface area contributed by atoms with Crippen molar-refractivity contribution in [3.63, 3.8) is 0 Å². The van der Waals surface area contributed by atoms with Gasteiger partial charge in [0.15, 0.2) is 0 Å². The van der Waals surface area contributed by atoms with Crippen LogP contribution in [0.25, 0.3) is 0 Å². The van der Waals surface area contributed by atoms with E-state index in [2.05, 4.69) is 0 Å². The van der Waals surface area contributed by atoms with E-state index in [0.717, 1.165) is 36.8 Å². The summed E-state index contributed by atoms with van der Waals surface area (Å²) in [7, 11) is -1.56. The Kier molecular flexibility index (Phi) is 4.78. The SMILES string of the molecule is CN(Cc1cccc(C(N)=S)c1)S(=O)(=O)C1CCCC1. The molecule has 0 aliphatic heterocycles. The van der Waals surface area contributed by atoms with Crippen molar-refractivity contribution in [2.24, 2.45) is 5.73 Å². The van der Waals surface area contributed by atoms with Crippen LogP contribution < -0.4 is 5.73 Å². The molecule has 1 aromatic rings. The first kappa shape index (κ1) is 15.4. The molecule has 1 aliphatic rings. The van der Waals surface area contributed by atoms with Gasteiger partial charge in [-0.1, -0.05) is 43.3 Å². The molecule has 2 rings (SSSR count). The van der Waals surface area contributed by atoms with E-state index in [-0.39, 0.29) is 5.25 Å². The van der Waals surface area contributed by atoms with Gasteiger partial charge in [-0.05, 0) is 24.5 Å². The fourth-order valence-corrected chi connectivity index (χ4v) is 4.50. The summed E-state index contributed by atoms with van der Waals surface area (Å²) in [5.41, 5.74) is 7.27. The number of nitrogens with two attached hydrogens (primary N) is 1. The Bertz CT molecular complexity index is 593. The second-order valence-corrected chi connectivity index (χ2v) is 8.03. The van der Waals surface area contributed by atoms with E-state index in [0.29, 0.717) is 11.5 Å². The second kappa shape index (κ2) is 6.20. The summed E-state index contributed by atoms with van der Waals surface area (Å²) in [6, 6.07) is 7.42. The maximum absolute atomic E-state index is 12.4. The highest BCUT2D eigenvalue weighted by molar-refractivity contribution is 7.89. The van der Waals surface area contributed by atoms with Gasteiger partial charge in [0.25, 0.3) is 0 Å². The molecule has 20 heavy (non-hydrogen) atoms. The topological polar surface area (TPSA) is 63.4 Å². The molecule has 0 unspecified atom stereocenters. The lowest BCUT2D eigenvalue weighted by Gasteiger charge is -2.21. The van der Waals surface area contributed by atoms with Gasteiger partial charge in [-0.15, -0.1) is 0 Å². The maximum atomic E-state index is 12.4. The highest BCUT2D eigenvalue weighted by atomic mass is 32.2. The molecule has 0 heterocycles. The van der Waals surface area contributed by atoms with E-state index in [1.54, 1.807) is 7.05 Å². The summed E-state index contributed by atoms with van der Waals surface area (Å²) in [5, 5.41) is -0.216. The van der Waals surface area contributed by atoms with E-state index in [9.17, 15) is 8.42 Å². The number of sulfonamides is 1. The van der Waals surface area contributed by atoms with Crippen molar-refractivity contribution in [2.45, 2.75) is 37.5 Å². The highest BCUT2D eigenvalue weighted by Crippen LogP contribution is 2.27. The van der Waals surface area contributed by atoms with Crippen molar-refractivity contribution < 1.29 is 8.42 Å². The van der Waals surface area contributed by atoms with Crippen molar-refractivity contribution in [1.29, 1.82) is 0 Å². The average Bonchev–Trinajstić information content (AvgIpc) is 2.93. The van der Waals surface area contributed by atoms with E-state index in [1.807, 2.05) is 24.3 Å². The molecule has 0 atom stereocenters. The third-order valence-electron chi connectivity index (χ3n) is 3.77. The fraction of sp³-hybridized carbons (Fsp3) is 0.500. The Morgan fingerprint density at radius 1 is 1.40 bits per heavy atom. The van der Waals surface area contributed by atoms with Crippen LogP contribution in [0.3, 0.4) is 0 Å². The minimum Gasteiger partial charge on any atom is -0.389 e. The van der Waals surface area contributed by atoms with Gasteiger partial charge < -0.3 is 5.73 Å². The predicted octanol–water partition coefficient (Wildman–Crippen LogP) is 2.03. The van der Waals surface area contributed by atoms with E-state index in [4.69, 9.17) is 18.0 Å². The second-order valence-electron chi connectivity index (χ2n) is 5.27. The molecule has 4 nitrogen and oxygen atoms in total. The van der Waals surface area contributed by atoms with Crippen molar-refractivity contribution in [3.05, 3.63) is 35.4 Å². The van der Waals surface area contributed by atoms with Crippen molar-refractivity contribution >= 4 is 27.2 Å². The van der Waals surface area contributed by atoms with Gasteiger partial charge in [0.2, 0.25) is 10.0 Å². The van der Waals surface area contributed by atoms with Crippen LogP contribution in [0, 0.1) is 0 Å². The standard InChI is InChI=1S/C14H20N2O2S2/c1-16(20(17,18)13-7-2-3-8-13)10-11-5-4-6-12(9-11)14(15)19/h4-6,9,13H,2-3,7-8,10H2,1H3,(H2,15,19). The number of thiocarbonyl (C=S) groups is 1. The molecule has 110 valence electrons. The molecule has 0 spiro atoms. The summed E-state index contributed by atoms with van der Waals surface area (Å²) in [6.07, 6.45) is 3.57. The number of hydrogen-bond acceptors (Lipinski definition) is 3. The molecule has 1 fully saturated rings. The maximum Gasteiger partial charge on any atom is 0.217 e.